The average molecular weight is 560 g/mol. The average Bonchev–Trinajstić information content (AvgIpc) is 3.50. The SMILES string of the molecule is C[C@]1(c2ccc(OC(F)F)cc2)NC(=O)N(/N=C\c2cn(-c3ccccc3)nc2-c2ccc3c(c2)OCCO3)C1=O. The molecule has 2 aliphatic rings. The number of benzene rings is 3. The predicted octanol–water partition coefficient (Wildman–Crippen LogP) is 4.71. The number of ether oxygens (including phenoxy) is 3. The lowest BCUT2D eigenvalue weighted by atomic mass is 9.92. The predicted molar refractivity (Wildman–Crippen MR) is 143 cm³/mol. The fourth-order valence-corrected chi connectivity index (χ4v) is 4.62. The Morgan fingerprint density at radius 3 is 2.49 bits per heavy atom. The molecule has 1 aromatic heterocycles. The number of halogens is 2. The lowest BCUT2D eigenvalue weighted by Gasteiger charge is -2.21. The van der Waals surface area contributed by atoms with Gasteiger partial charge in [-0.3, -0.25) is 4.79 Å². The molecule has 1 saturated heterocycles. The number of aromatic nitrogens is 2. The van der Waals surface area contributed by atoms with E-state index in [1.54, 1.807) is 16.9 Å². The highest BCUT2D eigenvalue weighted by atomic mass is 19.3. The molecule has 0 spiro atoms. The number of alkyl halides is 2. The van der Waals surface area contributed by atoms with Gasteiger partial charge in [-0.1, -0.05) is 30.3 Å². The van der Waals surface area contributed by atoms with Crippen LogP contribution in [0.5, 0.6) is 17.2 Å². The molecule has 0 bridgehead atoms. The van der Waals surface area contributed by atoms with E-state index < -0.39 is 24.1 Å². The molecule has 1 atom stereocenters. The molecule has 208 valence electrons. The Morgan fingerprint density at radius 1 is 1.02 bits per heavy atom. The maximum Gasteiger partial charge on any atom is 0.387 e. The third-order valence-corrected chi connectivity index (χ3v) is 6.72. The summed E-state index contributed by atoms with van der Waals surface area (Å²) in [7, 11) is 0. The number of amides is 3. The van der Waals surface area contributed by atoms with Crippen LogP contribution < -0.4 is 19.5 Å². The lowest BCUT2D eigenvalue weighted by Crippen LogP contribution is -2.40. The van der Waals surface area contributed by atoms with Crippen LogP contribution in [0.15, 0.2) is 84.1 Å². The fourth-order valence-electron chi connectivity index (χ4n) is 4.62. The Bertz CT molecular complexity index is 1640. The van der Waals surface area contributed by atoms with Crippen LogP contribution in [0.25, 0.3) is 16.9 Å². The number of urea groups is 1. The summed E-state index contributed by atoms with van der Waals surface area (Å²) in [5.74, 6) is 0.504. The third-order valence-electron chi connectivity index (χ3n) is 6.72. The third kappa shape index (κ3) is 4.95. The zero-order valence-electron chi connectivity index (χ0n) is 21.7. The van der Waals surface area contributed by atoms with E-state index in [0.717, 1.165) is 16.3 Å². The number of hydrazone groups is 1. The van der Waals surface area contributed by atoms with Gasteiger partial charge in [-0.2, -0.15) is 19.0 Å². The first-order valence-corrected chi connectivity index (χ1v) is 12.6. The van der Waals surface area contributed by atoms with E-state index in [4.69, 9.17) is 14.6 Å². The van der Waals surface area contributed by atoms with Crippen molar-refractivity contribution in [1.29, 1.82) is 0 Å². The Balaban J connectivity index is 1.32. The number of hydrogen-bond acceptors (Lipinski definition) is 7. The zero-order valence-corrected chi connectivity index (χ0v) is 21.7. The number of fused-ring (bicyclic) bond motifs is 1. The molecule has 2 aliphatic heterocycles. The van der Waals surface area contributed by atoms with Crippen LogP contribution in [-0.4, -0.2) is 52.8 Å². The molecule has 6 rings (SSSR count). The van der Waals surface area contributed by atoms with Crippen LogP contribution in [-0.2, 0) is 10.3 Å². The van der Waals surface area contributed by atoms with E-state index in [1.165, 1.54) is 37.4 Å². The van der Waals surface area contributed by atoms with Gasteiger partial charge in [0.05, 0.1) is 11.9 Å². The number of carbonyl (C=O) groups excluding carboxylic acids is 2. The maximum atomic E-state index is 13.4. The maximum absolute atomic E-state index is 13.4. The number of imide groups is 1. The highest BCUT2D eigenvalue weighted by Gasteiger charge is 2.49. The molecular weight excluding hydrogens is 536 g/mol. The van der Waals surface area contributed by atoms with Crippen LogP contribution in [0, 0.1) is 0 Å². The molecule has 0 unspecified atom stereocenters. The Kier molecular flexibility index (Phi) is 6.58. The number of nitrogens with one attached hydrogen (secondary N) is 1. The molecule has 0 saturated carbocycles. The number of carbonyl (C=O) groups is 2. The van der Waals surface area contributed by atoms with Crippen molar-refractivity contribution in [1.82, 2.24) is 20.1 Å². The summed E-state index contributed by atoms with van der Waals surface area (Å²) >= 11 is 0. The molecule has 1 N–H and O–H groups in total. The van der Waals surface area contributed by atoms with Crippen molar-refractivity contribution in [2.75, 3.05) is 13.2 Å². The van der Waals surface area contributed by atoms with Crippen LogP contribution in [0.2, 0.25) is 0 Å². The summed E-state index contributed by atoms with van der Waals surface area (Å²) in [6.45, 7) is -0.575. The molecule has 4 aromatic rings. The Labute approximate surface area is 232 Å². The van der Waals surface area contributed by atoms with Gasteiger partial charge in [0.1, 0.15) is 30.2 Å². The van der Waals surface area contributed by atoms with Crippen molar-refractivity contribution in [3.63, 3.8) is 0 Å². The molecule has 0 aliphatic carbocycles. The Hall–Kier alpha value is -5.26. The van der Waals surface area contributed by atoms with Gasteiger partial charge >= 0.3 is 12.6 Å². The second-order valence-corrected chi connectivity index (χ2v) is 9.39. The van der Waals surface area contributed by atoms with E-state index >= 15 is 0 Å². The largest absolute Gasteiger partial charge is 0.486 e. The summed E-state index contributed by atoms with van der Waals surface area (Å²) in [5.41, 5.74) is 1.51. The van der Waals surface area contributed by atoms with Gasteiger partial charge in [-0.15, -0.1) is 5.01 Å². The van der Waals surface area contributed by atoms with Crippen molar-refractivity contribution in [3.05, 3.63) is 90.1 Å². The molecule has 3 amide bonds. The minimum absolute atomic E-state index is 0.0684. The molecule has 10 nitrogen and oxygen atoms in total. The van der Waals surface area contributed by atoms with Gasteiger partial charge in [0, 0.05) is 17.3 Å². The standard InChI is InChI=1S/C29H23F2N5O5/c1-29(20-8-10-22(11-9-20)41-27(30)31)26(37)36(28(38)33-29)32-16-19-17-35(21-5-3-2-4-6-21)34-25(19)18-7-12-23-24(15-18)40-14-13-39-23/h2-12,15-17,27H,13-14H2,1H3,(H,33,38)/b32-16-/t29-/m1/s1. The van der Waals surface area contributed by atoms with E-state index in [2.05, 4.69) is 15.2 Å². The number of rotatable bonds is 7. The van der Waals surface area contributed by atoms with Gasteiger partial charge in [0.25, 0.3) is 5.91 Å². The normalized spacial score (nSPS) is 18.3. The highest BCUT2D eigenvalue weighted by Crippen LogP contribution is 2.35. The van der Waals surface area contributed by atoms with E-state index in [9.17, 15) is 18.4 Å². The van der Waals surface area contributed by atoms with Gasteiger partial charge in [-0.25, -0.2) is 9.48 Å². The van der Waals surface area contributed by atoms with Crippen LogP contribution in [0.4, 0.5) is 13.6 Å². The molecule has 1 fully saturated rings. The van der Waals surface area contributed by atoms with Crippen LogP contribution >= 0.6 is 0 Å². The van der Waals surface area contributed by atoms with E-state index in [-0.39, 0.29) is 5.75 Å². The van der Waals surface area contributed by atoms with Crippen molar-refractivity contribution in [3.8, 4) is 34.2 Å². The lowest BCUT2D eigenvalue weighted by molar-refractivity contribution is -0.131. The monoisotopic (exact) mass is 559 g/mol. The number of hydrogen-bond donors (Lipinski definition) is 1. The van der Waals surface area contributed by atoms with Gasteiger partial charge in [0.2, 0.25) is 0 Å². The second-order valence-electron chi connectivity index (χ2n) is 9.39. The van der Waals surface area contributed by atoms with Gasteiger partial charge < -0.3 is 19.5 Å². The first-order valence-electron chi connectivity index (χ1n) is 12.6. The van der Waals surface area contributed by atoms with Crippen LogP contribution in [0.1, 0.15) is 18.1 Å². The quantitative estimate of drug-likeness (QED) is 0.260. The van der Waals surface area contributed by atoms with Gasteiger partial charge in [-0.05, 0) is 55.0 Å². The van der Waals surface area contributed by atoms with Crippen molar-refractivity contribution in [2.24, 2.45) is 5.10 Å². The summed E-state index contributed by atoms with van der Waals surface area (Å²) in [6, 6.07) is 19.6. The number of nitrogens with zero attached hydrogens (tertiary/aromatic N) is 4. The minimum atomic E-state index is -2.98. The number of para-hydroxylation sites is 1. The second kappa shape index (κ2) is 10.4. The highest BCUT2D eigenvalue weighted by molar-refractivity contribution is 6.07. The van der Waals surface area contributed by atoms with E-state index in [0.29, 0.717) is 41.5 Å². The summed E-state index contributed by atoms with van der Waals surface area (Å²) in [6.07, 6.45) is 3.13. The summed E-state index contributed by atoms with van der Waals surface area (Å²) in [4.78, 5) is 26.2. The molecule has 41 heavy (non-hydrogen) atoms. The molecule has 3 heterocycles. The zero-order chi connectivity index (χ0) is 28.6. The van der Waals surface area contributed by atoms with Crippen molar-refractivity contribution in [2.45, 2.75) is 19.1 Å². The minimum Gasteiger partial charge on any atom is -0.486 e. The molecule has 3 aromatic carbocycles. The van der Waals surface area contributed by atoms with Crippen molar-refractivity contribution < 1.29 is 32.6 Å². The molecular formula is C29H23F2N5O5. The molecule has 0 radical (unpaired) electrons. The first-order chi connectivity index (χ1) is 19.8. The fraction of sp³-hybridized carbons (Fsp3) is 0.172. The summed E-state index contributed by atoms with van der Waals surface area (Å²) < 4.78 is 42.5. The Morgan fingerprint density at radius 2 is 1.76 bits per heavy atom. The van der Waals surface area contributed by atoms with Gasteiger partial charge in [0.15, 0.2) is 11.5 Å². The van der Waals surface area contributed by atoms with Crippen molar-refractivity contribution >= 4 is 18.2 Å². The molecule has 12 heteroatoms. The smallest absolute Gasteiger partial charge is 0.387 e. The van der Waals surface area contributed by atoms with E-state index in [1.807, 2.05) is 42.5 Å². The summed E-state index contributed by atoms with van der Waals surface area (Å²) in [5, 5.41) is 12.3. The first kappa shape index (κ1) is 26.0. The van der Waals surface area contributed by atoms with Crippen LogP contribution in [0.3, 0.4) is 0 Å². The topological polar surface area (TPSA) is 107 Å².